The Labute approximate surface area is 132 Å². The molecule has 0 saturated carbocycles. The van der Waals surface area contributed by atoms with Gasteiger partial charge in [0.25, 0.3) is 5.91 Å². The molecule has 1 aliphatic rings. The summed E-state index contributed by atoms with van der Waals surface area (Å²) >= 11 is 0. The number of nitrogens with two attached hydrogens (primary N) is 1. The van der Waals surface area contributed by atoms with Crippen molar-refractivity contribution in [2.24, 2.45) is 0 Å². The number of imide groups is 1. The second kappa shape index (κ2) is 5.53. The number of carbonyl (C=O) groups is 2. The number of hydrogen-bond donors (Lipinski definition) is 2. The fourth-order valence-corrected chi connectivity index (χ4v) is 2.36. The first-order valence-electron chi connectivity index (χ1n) is 6.97. The zero-order valence-electron chi connectivity index (χ0n) is 12.5. The van der Waals surface area contributed by atoms with Gasteiger partial charge in [0.1, 0.15) is 12.4 Å². The zero-order valence-corrected chi connectivity index (χ0v) is 12.5. The van der Waals surface area contributed by atoms with Gasteiger partial charge in [-0.2, -0.15) is 0 Å². The van der Waals surface area contributed by atoms with Crippen molar-refractivity contribution in [2.45, 2.75) is 0 Å². The molecular weight excluding hydrogens is 294 g/mol. The monoisotopic (exact) mass is 309 g/mol. The summed E-state index contributed by atoms with van der Waals surface area (Å²) in [6.07, 6.45) is 1.40. The molecule has 3 N–H and O–H groups in total. The Morgan fingerprint density at radius 3 is 2.57 bits per heavy atom. The second-order valence-corrected chi connectivity index (χ2v) is 5.19. The summed E-state index contributed by atoms with van der Waals surface area (Å²) in [7, 11) is 1.43. The number of amides is 3. The number of nitrogen functional groups attached to an aromatic ring is 1. The summed E-state index contributed by atoms with van der Waals surface area (Å²) in [5.74, 6) is 0.00546. The summed E-state index contributed by atoms with van der Waals surface area (Å²) in [6, 6.07) is 10.3. The van der Waals surface area contributed by atoms with Crippen LogP contribution in [0.1, 0.15) is 11.1 Å². The van der Waals surface area contributed by atoms with E-state index in [0.717, 1.165) is 4.90 Å². The number of likely N-dealkylation sites (N-methyl/N-ethyl adjacent to an activating group) is 1. The summed E-state index contributed by atoms with van der Waals surface area (Å²) in [4.78, 5) is 30.1. The molecule has 0 aliphatic carbocycles. The topological polar surface area (TPSA) is 103 Å². The molecule has 7 nitrogen and oxygen atoms in total. The van der Waals surface area contributed by atoms with Gasteiger partial charge < -0.3 is 5.73 Å². The van der Waals surface area contributed by atoms with Crippen molar-refractivity contribution in [1.82, 2.24) is 9.88 Å². The van der Waals surface area contributed by atoms with Gasteiger partial charge >= 0.3 is 6.03 Å². The molecule has 1 aromatic carbocycles. The van der Waals surface area contributed by atoms with E-state index in [9.17, 15) is 9.59 Å². The lowest BCUT2D eigenvalue weighted by molar-refractivity contribution is -0.123. The molecule has 1 fully saturated rings. The van der Waals surface area contributed by atoms with Crippen LogP contribution >= 0.6 is 0 Å². The van der Waals surface area contributed by atoms with Crippen LogP contribution < -0.4 is 10.6 Å². The number of carbonyl (C=O) groups excluding carboxylic acids is 2. The molecule has 2 aromatic rings. The molecule has 116 valence electrons. The first-order chi connectivity index (χ1) is 11.0. The Hall–Kier alpha value is -3.22. The summed E-state index contributed by atoms with van der Waals surface area (Å²) < 4.78 is 0. The van der Waals surface area contributed by atoms with Crippen LogP contribution in [0.4, 0.5) is 16.3 Å². The molecule has 7 heteroatoms. The van der Waals surface area contributed by atoms with E-state index in [1.54, 1.807) is 18.2 Å². The molecule has 0 atom stereocenters. The lowest BCUT2D eigenvalue weighted by Crippen LogP contribution is -2.30. The average molecular weight is 309 g/mol. The number of benzene rings is 1. The Bertz CT molecular complexity index is 803. The van der Waals surface area contributed by atoms with Crippen molar-refractivity contribution in [1.29, 1.82) is 5.41 Å². The summed E-state index contributed by atoms with van der Waals surface area (Å²) in [5.41, 5.74) is 7.68. The van der Waals surface area contributed by atoms with Gasteiger partial charge in [0, 0.05) is 18.2 Å². The summed E-state index contributed by atoms with van der Waals surface area (Å²) in [6.45, 7) is -0.0651. The molecule has 0 radical (unpaired) electrons. The van der Waals surface area contributed by atoms with Gasteiger partial charge in [-0.1, -0.05) is 30.3 Å². The predicted octanol–water partition coefficient (Wildman–Crippen LogP) is 1.48. The van der Waals surface area contributed by atoms with Crippen molar-refractivity contribution in [2.75, 3.05) is 24.2 Å². The first-order valence-corrected chi connectivity index (χ1v) is 6.97. The minimum atomic E-state index is -0.440. The largest absolute Gasteiger partial charge is 0.397 e. The van der Waals surface area contributed by atoms with E-state index < -0.39 is 6.03 Å². The van der Waals surface area contributed by atoms with Gasteiger partial charge in [0.05, 0.1) is 17.6 Å². The third kappa shape index (κ3) is 2.52. The standard InChI is InChI=1S/C16H15N5O2/c1-20-14(22)9-21(16(20)23)13-7-11(12(17)8-19-13)15(18)10-5-3-2-4-6-10/h2-8,18H,9,17H2,1H3. The molecule has 0 bridgehead atoms. The summed E-state index contributed by atoms with van der Waals surface area (Å²) in [5, 5.41) is 8.32. The van der Waals surface area contributed by atoms with Crippen LogP contribution in [0.25, 0.3) is 0 Å². The first kappa shape index (κ1) is 14.7. The minimum Gasteiger partial charge on any atom is -0.397 e. The van der Waals surface area contributed by atoms with E-state index in [0.29, 0.717) is 22.6 Å². The molecule has 0 unspecified atom stereocenters. The quantitative estimate of drug-likeness (QED) is 0.662. The molecular formula is C16H15N5O2. The number of urea groups is 1. The molecule has 3 amide bonds. The van der Waals surface area contributed by atoms with Crippen LogP contribution in [0, 0.1) is 5.41 Å². The smallest absolute Gasteiger partial charge is 0.332 e. The fourth-order valence-electron chi connectivity index (χ4n) is 2.36. The highest BCUT2D eigenvalue weighted by molar-refractivity contribution is 6.15. The molecule has 2 heterocycles. The van der Waals surface area contributed by atoms with Crippen LogP contribution in [-0.2, 0) is 4.79 Å². The van der Waals surface area contributed by atoms with Crippen LogP contribution in [0.3, 0.4) is 0 Å². The normalized spacial score (nSPS) is 14.5. The SMILES string of the molecule is CN1C(=O)CN(c2cc(C(=N)c3ccccc3)c(N)cn2)C1=O. The molecule has 1 aromatic heterocycles. The zero-order chi connectivity index (χ0) is 16.6. The third-order valence-electron chi connectivity index (χ3n) is 3.71. The second-order valence-electron chi connectivity index (χ2n) is 5.19. The molecule has 1 aliphatic heterocycles. The van der Waals surface area contributed by atoms with Gasteiger partial charge in [-0.3, -0.25) is 20.0 Å². The Morgan fingerprint density at radius 2 is 1.96 bits per heavy atom. The molecule has 3 rings (SSSR count). The Kier molecular flexibility index (Phi) is 3.53. The van der Waals surface area contributed by atoms with Crippen LogP contribution in [0.15, 0.2) is 42.6 Å². The maximum atomic E-state index is 12.1. The highest BCUT2D eigenvalue weighted by Crippen LogP contribution is 2.24. The molecule has 23 heavy (non-hydrogen) atoms. The van der Waals surface area contributed by atoms with Crippen molar-refractivity contribution < 1.29 is 9.59 Å². The highest BCUT2D eigenvalue weighted by Gasteiger charge is 2.35. The maximum absolute atomic E-state index is 12.1. The number of nitrogens with zero attached hydrogens (tertiary/aromatic N) is 3. The minimum absolute atomic E-state index is 0.0651. The lowest BCUT2D eigenvalue weighted by atomic mass is 10.0. The highest BCUT2D eigenvalue weighted by atomic mass is 16.2. The van der Waals surface area contributed by atoms with Crippen LogP contribution in [0.5, 0.6) is 0 Å². The number of hydrogen-bond acceptors (Lipinski definition) is 5. The van der Waals surface area contributed by atoms with Crippen molar-refractivity contribution in [3.05, 3.63) is 53.7 Å². The predicted molar refractivity (Wildman–Crippen MR) is 86.5 cm³/mol. The Morgan fingerprint density at radius 1 is 1.26 bits per heavy atom. The van der Waals surface area contributed by atoms with Gasteiger partial charge in [-0.05, 0) is 6.07 Å². The van der Waals surface area contributed by atoms with E-state index in [1.165, 1.54) is 18.1 Å². The van der Waals surface area contributed by atoms with Gasteiger partial charge in [0.2, 0.25) is 0 Å². The van der Waals surface area contributed by atoms with Crippen molar-refractivity contribution in [3.63, 3.8) is 0 Å². The van der Waals surface area contributed by atoms with E-state index in [1.807, 2.05) is 18.2 Å². The van der Waals surface area contributed by atoms with E-state index in [4.69, 9.17) is 11.1 Å². The number of anilines is 2. The van der Waals surface area contributed by atoms with Crippen LogP contribution in [0.2, 0.25) is 0 Å². The number of rotatable bonds is 3. The van der Waals surface area contributed by atoms with Crippen LogP contribution in [-0.4, -0.2) is 41.1 Å². The maximum Gasteiger partial charge on any atom is 0.332 e. The molecule has 0 spiro atoms. The van der Waals surface area contributed by atoms with E-state index >= 15 is 0 Å². The Balaban J connectivity index is 1.99. The number of pyridine rings is 1. The van der Waals surface area contributed by atoms with Gasteiger partial charge in [-0.25, -0.2) is 9.78 Å². The lowest BCUT2D eigenvalue weighted by Gasteiger charge is -2.16. The van der Waals surface area contributed by atoms with Crippen molar-refractivity contribution >= 4 is 29.2 Å². The van der Waals surface area contributed by atoms with Gasteiger partial charge in [0.15, 0.2) is 0 Å². The number of nitrogens with one attached hydrogen (secondary N) is 1. The van der Waals surface area contributed by atoms with E-state index in [-0.39, 0.29) is 18.2 Å². The average Bonchev–Trinajstić information content (AvgIpc) is 2.83. The van der Waals surface area contributed by atoms with Crippen molar-refractivity contribution in [3.8, 4) is 0 Å². The molecule has 1 saturated heterocycles. The van der Waals surface area contributed by atoms with Gasteiger partial charge in [-0.15, -0.1) is 0 Å². The number of aromatic nitrogens is 1. The van der Waals surface area contributed by atoms with E-state index in [2.05, 4.69) is 4.98 Å². The third-order valence-corrected chi connectivity index (χ3v) is 3.71. The fraction of sp³-hybridized carbons (Fsp3) is 0.125.